The Balaban J connectivity index is 0.000000765. The molecule has 3 aromatic rings. The number of para-hydroxylation sites is 3. The molecule has 3 aromatic carbocycles. The van der Waals surface area contributed by atoms with E-state index in [2.05, 4.69) is 67.4 Å². The molecule has 0 aliphatic heterocycles. The number of carbonyl (C=O) groups is 3. The lowest BCUT2D eigenvalue weighted by Gasteiger charge is -2.21. The van der Waals surface area contributed by atoms with Crippen LogP contribution in [0.1, 0.15) is 72.9 Å². The van der Waals surface area contributed by atoms with Crippen molar-refractivity contribution in [2.24, 2.45) is 11.5 Å². The molecule has 0 saturated carbocycles. The highest BCUT2D eigenvalue weighted by molar-refractivity contribution is 6.76. The lowest BCUT2D eigenvalue weighted by Crippen LogP contribution is -2.30. The van der Waals surface area contributed by atoms with E-state index in [0.29, 0.717) is 96.4 Å². The van der Waals surface area contributed by atoms with E-state index in [4.69, 9.17) is 63.6 Å². The summed E-state index contributed by atoms with van der Waals surface area (Å²) in [5.74, 6) is 2.19. The van der Waals surface area contributed by atoms with Crippen molar-refractivity contribution < 1.29 is 66.5 Å². The SMILES string of the molecule is COCCOCOc1ccccc1C=O.COCCOCOc1ccccc1CCC[C@H](CCCCNC(=O)OCC[Si](C)(C)C)NCc1ccccc1OCOCCOC.C[Si](C)(C)CCOC(=O)NCCCC[C@H](N)CN. The molecule has 0 saturated heterocycles. The third-order valence-corrected chi connectivity index (χ3v) is 15.2. The van der Waals surface area contributed by atoms with E-state index in [1.165, 1.54) is 5.56 Å². The van der Waals surface area contributed by atoms with Crippen LogP contribution in [0.2, 0.25) is 51.4 Å². The van der Waals surface area contributed by atoms with Crippen LogP contribution in [0.3, 0.4) is 0 Å². The van der Waals surface area contributed by atoms with Gasteiger partial charge in [0.2, 0.25) is 0 Å². The Morgan fingerprint density at radius 1 is 0.544 bits per heavy atom. The number of benzene rings is 3. The number of hydrogen-bond donors (Lipinski definition) is 5. The second-order valence-corrected chi connectivity index (χ2v) is 32.3. The molecule has 3 rings (SSSR count). The highest BCUT2D eigenvalue weighted by atomic mass is 28.3. The molecule has 0 aliphatic rings. The summed E-state index contributed by atoms with van der Waals surface area (Å²) in [5, 5.41) is 9.42. The molecule has 2 amide bonds. The van der Waals surface area contributed by atoms with Crippen LogP contribution < -0.4 is 41.6 Å². The van der Waals surface area contributed by atoms with Crippen LogP contribution in [0.15, 0.2) is 72.8 Å². The highest BCUT2D eigenvalue weighted by Gasteiger charge is 2.16. The van der Waals surface area contributed by atoms with Crippen molar-refractivity contribution in [3.8, 4) is 17.2 Å². The summed E-state index contributed by atoms with van der Waals surface area (Å²) in [4.78, 5) is 34.0. The van der Waals surface area contributed by atoms with Gasteiger partial charge in [0.15, 0.2) is 26.7 Å². The van der Waals surface area contributed by atoms with Crippen molar-refractivity contribution >= 4 is 34.6 Å². The minimum absolute atomic E-state index is 0.0775. The van der Waals surface area contributed by atoms with Gasteiger partial charge < -0.3 is 79.5 Å². The summed E-state index contributed by atoms with van der Waals surface area (Å²) >= 11 is 0. The van der Waals surface area contributed by atoms with Gasteiger partial charge in [-0.1, -0.05) is 101 Å². The zero-order valence-electron chi connectivity index (χ0n) is 49.4. The monoisotopic (exact) mass is 1150 g/mol. The molecule has 2 atom stereocenters. The molecule has 0 spiro atoms. The maximum Gasteiger partial charge on any atom is 0.407 e. The van der Waals surface area contributed by atoms with Gasteiger partial charge in [0.1, 0.15) is 17.2 Å². The van der Waals surface area contributed by atoms with Gasteiger partial charge in [0.05, 0.1) is 58.4 Å². The van der Waals surface area contributed by atoms with Crippen molar-refractivity contribution in [3.63, 3.8) is 0 Å². The van der Waals surface area contributed by atoms with Gasteiger partial charge in [-0.2, -0.15) is 0 Å². The summed E-state index contributed by atoms with van der Waals surface area (Å²) in [5.41, 5.74) is 13.9. The lowest BCUT2D eigenvalue weighted by atomic mass is 10.00. The lowest BCUT2D eigenvalue weighted by molar-refractivity contribution is -0.00902. The van der Waals surface area contributed by atoms with Crippen LogP contribution in [0.25, 0.3) is 0 Å². The molecular formula is C58H101N5O14Si2. The molecule has 0 radical (unpaired) electrons. The van der Waals surface area contributed by atoms with Crippen LogP contribution in [0.4, 0.5) is 9.59 Å². The van der Waals surface area contributed by atoms with Crippen LogP contribution in [-0.4, -0.2) is 161 Å². The molecule has 0 bridgehead atoms. The number of ether oxygens (including phenoxy) is 11. The Bertz CT molecular complexity index is 1980. The predicted octanol–water partition coefficient (Wildman–Crippen LogP) is 9.41. The average Bonchev–Trinajstić information content (AvgIpc) is 3.42. The fraction of sp³-hybridized carbons (Fsp3) is 0.638. The number of alkyl carbamates (subject to hydrolysis) is 2. The molecule has 0 aromatic heterocycles. The maximum atomic E-state index is 12.1. The summed E-state index contributed by atoms with van der Waals surface area (Å²) in [6.45, 7) is 20.6. The Hall–Kier alpha value is -4.66. The summed E-state index contributed by atoms with van der Waals surface area (Å²) in [7, 11) is 2.56. The van der Waals surface area contributed by atoms with Gasteiger partial charge in [0, 0.05) is 81.3 Å². The number of methoxy groups -OCH3 is 3. The van der Waals surface area contributed by atoms with Crippen molar-refractivity contribution in [1.29, 1.82) is 0 Å². The van der Waals surface area contributed by atoms with Gasteiger partial charge in [-0.15, -0.1) is 0 Å². The van der Waals surface area contributed by atoms with E-state index in [1.54, 1.807) is 45.6 Å². The van der Waals surface area contributed by atoms with E-state index in [9.17, 15) is 14.4 Å². The molecule has 19 nitrogen and oxygen atoms in total. The number of nitrogens with two attached hydrogens (primary N) is 2. The quantitative estimate of drug-likeness (QED) is 0.0153. The number of carbonyl (C=O) groups excluding carboxylic acids is 3. The van der Waals surface area contributed by atoms with Gasteiger partial charge >= 0.3 is 12.2 Å². The first-order chi connectivity index (χ1) is 38.0. The van der Waals surface area contributed by atoms with Crippen LogP contribution in [-0.2, 0) is 50.9 Å². The molecule has 0 unspecified atom stereocenters. The zero-order valence-corrected chi connectivity index (χ0v) is 51.4. The fourth-order valence-corrected chi connectivity index (χ4v) is 8.39. The number of aldehydes is 1. The molecule has 7 N–H and O–H groups in total. The normalized spacial score (nSPS) is 11.9. The van der Waals surface area contributed by atoms with Crippen molar-refractivity contribution in [2.75, 3.05) is 114 Å². The van der Waals surface area contributed by atoms with Crippen molar-refractivity contribution in [3.05, 3.63) is 89.5 Å². The molecule has 0 heterocycles. The topological polar surface area (TPSA) is 241 Å². The number of hydrogen-bond acceptors (Lipinski definition) is 17. The second-order valence-electron chi connectivity index (χ2n) is 21.1. The Morgan fingerprint density at radius 2 is 0.975 bits per heavy atom. The van der Waals surface area contributed by atoms with E-state index in [-0.39, 0.29) is 38.6 Å². The van der Waals surface area contributed by atoms with Crippen LogP contribution >= 0.6 is 0 Å². The molecule has 0 aliphatic carbocycles. The zero-order chi connectivity index (χ0) is 58.3. The molecular weight excluding hydrogens is 1050 g/mol. The van der Waals surface area contributed by atoms with Crippen LogP contribution in [0, 0.1) is 0 Å². The standard InChI is InChI=1S/C35H58N2O8Si.C12H29N3O2Si.C11H14O4/c1-39-21-23-41-28-44-33-18-8-6-13-30(33)15-12-17-32(16-10-11-20-36-35(38)43-25-26-46(3,4)5)37-27-31-14-7-9-19-34(31)45-29-42-24-22-40-2;1-18(2,3)9-8-17-12(16)15-7-5-4-6-11(14)10-13;1-13-6-7-14-9-15-11-5-3-2-4-10(11)8-12/h6-9,13-14,18-19,32,37H,10-12,15-17,20-29H2,1-5H3,(H,36,38);11H,4-10,13-14H2,1-3H3,(H,15,16);2-5,8H,6-7,9H2,1H3/t32-;11-;/m00./s1. The van der Waals surface area contributed by atoms with Crippen LogP contribution in [0.5, 0.6) is 17.2 Å². The largest absolute Gasteiger partial charge is 0.467 e. The third kappa shape index (κ3) is 41.9. The van der Waals surface area contributed by atoms with Crippen molar-refractivity contribution in [2.45, 2.75) is 128 Å². The number of amides is 2. The Morgan fingerprint density at radius 3 is 1.46 bits per heavy atom. The minimum atomic E-state index is -1.22. The van der Waals surface area contributed by atoms with Gasteiger partial charge in [-0.05, 0) is 86.9 Å². The molecule has 0 fully saturated rings. The summed E-state index contributed by atoms with van der Waals surface area (Å²) in [6.07, 6.45) is 8.67. The summed E-state index contributed by atoms with van der Waals surface area (Å²) in [6, 6.07) is 25.5. The Labute approximate surface area is 475 Å². The van der Waals surface area contributed by atoms with E-state index < -0.39 is 16.1 Å². The fourth-order valence-electron chi connectivity index (χ4n) is 6.96. The van der Waals surface area contributed by atoms with Gasteiger partial charge in [-0.25, -0.2) is 9.59 Å². The van der Waals surface area contributed by atoms with Gasteiger partial charge in [-0.3, -0.25) is 4.79 Å². The van der Waals surface area contributed by atoms with E-state index in [0.717, 1.165) is 93.2 Å². The maximum absolute atomic E-state index is 12.1. The van der Waals surface area contributed by atoms with Crippen molar-refractivity contribution in [1.82, 2.24) is 16.0 Å². The molecule has 79 heavy (non-hydrogen) atoms. The van der Waals surface area contributed by atoms with E-state index >= 15 is 0 Å². The summed E-state index contributed by atoms with van der Waals surface area (Å²) < 4.78 is 58.5. The first kappa shape index (κ1) is 72.4. The second kappa shape index (κ2) is 47.0. The first-order valence-electron chi connectivity index (χ1n) is 27.8. The third-order valence-electron chi connectivity index (χ3n) is 11.8. The number of rotatable bonds is 43. The predicted molar refractivity (Wildman–Crippen MR) is 318 cm³/mol. The number of unbranched alkanes of at least 4 members (excludes halogenated alkanes) is 2. The average molecular weight is 1150 g/mol. The Kier molecular flexibility index (Phi) is 43.1. The smallest absolute Gasteiger partial charge is 0.407 e. The number of aryl methyl sites for hydroxylation is 1. The highest BCUT2D eigenvalue weighted by Crippen LogP contribution is 2.23. The first-order valence-corrected chi connectivity index (χ1v) is 35.3. The molecule has 450 valence electrons. The molecule has 21 heteroatoms. The number of nitrogens with one attached hydrogen (secondary N) is 3. The van der Waals surface area contributed by atoms with E-state index in [1.807, 2.05) is 36.4 Å². The minimum Gasteiger partial charge on any atom is -0.467 e. The van der Waals surface area contributed by atoms with Gasteiger partial charge in [0.25, 0.3) is 0 Å².